The fraction of sp³-hybridized carbons (Fsp3) is 0.316. The van der Waals surface area contributed by atoms with Crippen LogP contribution in [0.4, 0.5) is 0 Å². The largest absolute Gasteiger partial charge is 0.459 e. The van der Waals surface area contributed by atoms with E-state index in [1.165, 1.54) is 16.9 Å². The number of carbonyl (C=O) groups excluding carboxylic acids is 1. The van der Waals surface area contributed by atoms with E-state index >= 15 is 0 Å². The number of carbonyl (C=O) groups is 1. The lowest BCUT2D eigenvalue weighted by Gasteiger charge is -2.05. The van der Waals surface area contributed by atoms with Crippen LogP contribution in [0.3, 0.4) is 0 Å². The van der Waals surface area contributed by atoms with Crippen LogP contribution in [0.1, 0.15) is 30.3 Å². The van der Waals surface area contributed by atoms with Crippen LogP contribution in [-0.4, -0.2) is 15.5 Å². The van der Waals surface area contributed by atoms with Gasteiger partial charge in [-0.1, -0.05) is 42.5 Å². The molecule has 2 aromatic heterocycles. The summed E-state index contributed by atoms with van der Waals surface area (Å²) in [5.41, 5.74) is 3.96. The molecule has 0 spiro atoms. The van der Waals surface area contributed by atoms with Gasteiger partial charge in [-0.3, -0.25) is 9.59 Å². The summed E-state index contributed by atoms with van der Waals surface area (Å²) in [6.07, 6.45) is 1.18. The molecule has 26 heavy (non-hydrogen) atoms. The van der Waals surface area contributed by atoms with Crippen LogP contribution < -0.4 is 4.87 Å². The molecule has 7 heteroatoms. The summed E-state index contributed by atoms with van der Waals surface area (Å²) in [5.74, 6) is -0.329. The Labute approximate surface area is 159 Å². The Bertz CT molecular complexity index is 938. The minimum absolute atomic E-state index is 0.0477. The molecule has 0 unspecified atom stereocenters. The predicted molar refractivity (Wildman–Crippen MR) is 105 cm³/mol. The Balaban J connectivity index is 1.52. The van der Waals surface area contributed by atoms with Crippen molar-refractivity contribution in [1.29, 1.82) is 0 Å². The molecule has 0 aliphatic heterocycles. The van der Waals surface area contributed by atoms with Gasteiger partial charge in [-0.25, -0.2) is 4.98 Å². The molecule has 3 rings (SSSR count). The van der Waals surface area contributed by atoms with E-state index in [1.54, 1.807) is 9.95 Å². The Morgan fingerprint density at radius 3 is 2.62 bits per heavy atom. The Hall–Kier alpha value is -2.25. The number of aryl methyl sites for hydroxylation is 2. The van der Waals surface area contributed by atoms with Crippen molar-refractivity contribution in [3.63, 3.8) is 0 Å². The van der Waals surface area contributed by atoms with Crippen molar-refractivity contribution in [3.8, 4) is 10.6 Å². The second kappa shape index (κ2) is 8.42. The average Bonchev–Trinajstić information content (AvgIpc) is 3.25. The molecule has 2 heterocycles. The second-order valence-corrected chi connectivity index (χ2v) is 7.58. The Morgan fingerprint density at radius 1 is 1.19 bits per heavy atom. The van der Waals surface area contributed by atoms with E-state index in [2.05, 4.69) is 36.2 Å². The maximum Gasteiger partial charge on any atom is 0.307 e. The Kier molecular flexibility index (Phi) is 6.00. The van der Waals surface area contributed by atoms with Gasteiger partial charge in [-0.05, 0) is 18.9 Å². The molecular formula is C19H20N2O3S2. The summed E-state index contributed by atoms with van der Waals surface area (Å²) in [5, 5.41) is 4.61. The summed E-state index contributed by atoms with van der Waals surface area (Å²) < 4.78 is 6.88. The number of hydrogen-bond acceptors (Lipinski definition) is 6. The van der Waals surface area contributed by atoms with E-state index in [0.717, 1.165) is 39.7 Å². The van der Waals surface area contributed by atoms with E-state index in [0.29, 0.717) is 6.54 Å². The zero-order valence-corrected chi connectivity index (χ0v) is 16.4. The van der Waals surface area contributed by atoms with Crippen LogP contribution in [0.25, 0.3) is 10.6 Å². The molecule has 136 valence electrons. The molecule has 0 fully saturated rings. The highest BCUT2D eigenvalue weighted by atomic mass is 32.1. The van der Waals surface area contributed by atoms with E-state index in [4.69, 9.17) is 4.74 Å². The number of nitrogens with zero attached hydrogens (tertiary/aromatic N) is 2. The van der Waals surface area contributed by atoms with Gasteiger partial charge in [0.25, 0.3) is 0 Å². The van der Waals surface area contributed by atoms with Gasteiger partial charge < -0.3 is 9.30 Å². The molecule has 0 amide bonds. The Morgan fingerprint density at radius 2 is 1.96 bits per heavy atom. The first kappa shape index (κ1) is 18.5. The van der Waals surface area contributed by atoms with Crippen LogP contribution in [0.2, 0.25) is 0 Å². The summed E-state index contributed by atoms with van der Waals surface area (Å²) >= 11 is 2.68. The van der Waals surface area contributed by atoms with Gasteiger partial charge in [-0.2, -0.15) is 0 Å². The first-order valence-electron chi connectivity index (χ1n) is 8.41. The lowest BCUT2D eigenvalue weighted by Crippen LogP contribution is -2.17. The number of rotatable bonds is 7. The zero-order valence-electron chi connectivity index (χ0n) is 14.7. The van der Waals surface area contributed by atoms with Gasteiger partial charge in [0.15, 0.2) is 0 Å². The monoisotopic (exact) mass is 388 g/mol. The van der Waals surface area contributed by atoms with Crippen molar-refractivity contribution in [2.45, 2.75) is 39.8 Å². The van der Waals surface area contributed by atoms with Crippen LogP contribution in [-0.2, 0) is 29.1 Å². The summed E-state index contributed by atoms with van der Waals surface area (Å²) in [4.78, 5) is 28.0. The van der Waals surface area contributed by atoms with Crippen LogP contribution >= 0.6 is 22.7 Å². The summed E-state index contributed by atoms with van der Waals surface area (Å²) in [6.45, 7) is 4.48. The van der Waals surface area contributed by atoms with Crippen molar-refractivity contribution in [1.82, 2.24) is 9.55 Å². The van der Waals surface area contributed by atoms with Gasteiger partial charge >= 0.3 is 10.8 Å². The molecule has 0 N–H and O–H groups in total. The van der Waals surface area contributed by atoms with Gasteiger partial charge in [-0.15, -0.1) is 11.3 Å². The molecule has 0 aliphatic carbocycles. The maximum absolute atomic E-state index is 11.9. The lowest BCUT2D eigenvalue weighted by atomic mass is 10.1. The fourth-order valence-corrected chi connectivity index (χ4v) is 4.06. The first-order valence-corrected chi connectivity index (χ1v) is 10.2. The van der Waals surface area contributed by atoms with E-state index in [1.807, 2.05) is 12.3 Å². The van der Waals surface area contributed by atoms with Gasteiger partial charge in [0.05, 0.1) is 12.1 Å². The van der Waals surface area contributed by atoms with E-state index in [-0.39, 0.29) is 23.9 Å². The smallest absolute Gasteiger partial charge is 0.307 e. The van der Waals surface area contributed by atoms with E-state index < -0.39 is 0 Å². The third-order valence-corrected chi connectivity index (χ3v) is 5.88. The fourth-order valence-electron chi connectivity index (χ4n) is 2.49. The topological polar surface area (TPSA) is 61.2 Å². The quantitative estimate of drug-likeness (QED) is 0.573. The molecule has 0 bridgehead atoms. The second-order valence-electron chi connectivity index (χ2n) is 5.90. The van der Waals surface area contributed by atoms with Crippen LogP contribution in [0.15, 0.2) is 39.8 Å². The number of esters is 1. The molecule has 1 aromatic carbocycles. The highest BCUT2D eigenvalue weighted by Gasteiger charge is 2.10. The van der Waals surface area contributed by atoms with E-state index in [9.17, 15) is 9.59 Å². The third-order valence-electron chi connectivity index (χ3n) is 4.06. The standard InChI is InChI=1S/C19H20N2O3S2/c1-3-14-4-6-15(7-5-14)18-20-16(12-25-18)10-24-17(22)8-9-21-13(2)11-26-19(21)23/h4-7,11-12H,3,8-10H2,1-2H3. The van der Waals surface area contributed by atoms with Crippen molar-refractivity contribution in [2.24, 2.45) is 0 Å². The highest BCUT2D eigenvalue weighted by molar-refractivity contribution is 7.13. The van der Waals surface area contributed by atoms with Gasteiger partial charge in [0, 0.05) is 28.6 Å². The summed E-state index contributed by atoms with van der Waals surface area (Å²) in [7, 11) is 0. The maximum atomic E-state index is 11.9. The van der Waals surface area contributed by atoms with Crippen molar-refractivity contribution in [2.75, 3.05) is 0 Å². The SMILES string of the molecule is CCc1ccc(-c2nc(COC(=O)CCn3c(C)csc3=O)cs2)cc1. The lowest BCUT2D eigenvalue weighted by molar-refractivity contribution is -0.145. The third kappa shape index (κ3) is 4.47. The highest BCUT2D eigenvalue weighted by Crippen LogP contribution is 2.24. The van der Waals surface area contributed by atoms with Gasteiger partial charge in [0.1, 0.15) is 11.6 Å². The molecule has 3 aromatic rings. The molecule has 0 radical (unpaired) electrons. The number of aromatic nitrogens is 2. The van der Waals surface area contributed by atoms with Crippen LogP contribution in [0.5, 0.6) is 0 Å². The normalized spacial score (nSPS) is 10.8. The van der Waals surface area contributed by atoms with Crippen molar-refractivity contribution >= 4 is 28.6 Å². The van der Waals surface area contributed by atoms with Crippen molar-refractivity contribution < 1.29 is 9.53 Å². The predicted octanol–water partition coefficient (Wildman–Crippen LogP) is 4.04. The number of hydrogen-bond donors (Lipinski definition) is 0. The molecular weight excluding hydrogens is 368 g/mol. The molecule has 0 saturated heterocycles. The molecule has 0 atom stereocenters. The molecule has 0 aliphatic rings. The van der Waals surface area contributed by atoms with Gasteiger partial charge in [0.2, 0.25) is 0 Å². The minimum Gasteiger partial charge on any atom is -0.459 e. The van der Waals surface area contributed by atoms with Crippen LogP contribution in [0, 0.1) is 6.92 Å². The number of ether oxygens (including phenoxy) is 1. The molecule has 0 saturated carbocycles. The van der Waals surface area contributed by atoms with Crippen molar-refractivity contribution in [3.05, 3.63) is 61.6 Å². The number of thiazole rings is 2. The molecule has 5 nitrogen and oxygen atoms in total. The zero-order chi connectivity index (χ0) is 18.5. The summed E-state index contributed by atoms with van der Waals surface area (Å²) in [6, 6.07) is 8.33. The first-order chi connectivity index (χ1) is 12.6. The minimum atomic E-state index is -0.329. The average molecular weight is 389 g/mol. The number of benzene rings is 1.